The van der Waals surface area contributed by atoms with Crippen molar-refractivity contribution in [3.05, 3.63) is 22.8 Å². The van der Waals surface area contributed by atoms with E-state index in [-0.39, 0.29) is 6.10 Å². The summed E-state index contributed by atoms with van der Waals surface area (Å²) >= 11 is 1.41. The number of nitrogen functional groups attached to an aromatic ring is 1. The van der Waals surface area contributed by atoms with Gasteiger partial charge in [-0.05, 0) is 13.0 Å². The smallest absolute Gasteiger partial charge is 0.232 e. The highest BCUT2D eigenvalue weighted by atomic mass is 32.1. The molecule has 3 rings (SSSR count). The van der Waals surface area contributed by atoms with Gasteiger partial charge >= 0.3 is 0 Å². The maximum Gasteiger partial charge on any atom is 0.232 e. The fourth-order valence-electron chi connectivity index (χ4n) is 2.41. The van der Waals surface area contributed by atoms with Crippen LogP contribution in [-0.4, -0.2) is 46.3 Å². The Labute approximate surface area is 127 Å². The summed E-state index contributed by atoms with van der Waals surface area (Å²) in [7, 11) is 0. The third-order valence-corrected chi connectivity index (χ3v) is 4.09. The van der Waals surface area contributed by atoms with Gasteiger partial charge in [0.15, 0.2) is 5.13 Å². The molecule has 0 saturated carbocycles. The molecule has 0 bridgehead atoms. The number of nitrogens with two attached hydrogens (primary N) is 1. The van der Waals surface area contributed by atoms with E-state index in [1.54, 1.807) is 0 Å². The highest BCUT2D eigenvalue weighted by Gasteiger charge is 2.25. The average Bonchev–Trinajstić information content (AvgIpc) is 3.10. The van der Waals surface area contributed by atoms with Crippen molar-refractivity contribution < 1.29 is 9.26 Å². The van der Waals surface area contributed by atoms with Crippen LogP contribution in [0.2, 0.25) is 0 Å². The van der Waals surface area contributed by atoms with Crippen molar-refractivity contribution in [3.8, 4) is 0 Å². The number of hydrogen-bond donors (Lipinski definition) is 1. The van der Waals surface area contributed by atoms with Crippen molar-refractivity contribution in [1.82, 2.24) is 20.0 Å². The summed E-state index contributed by atoms with van der Waals surface area (Å²) in [6.45, 7) is 5.74. The number of ether oxygens (including phenoxy) is 1. The zero-order valence-electron chi connectivity index (χ0n) is 12.0. The number of morpholine rings is 1. The molecule has 0 radical (unpaired) electrons. The van der Waals surface area contributed by atoms with Crippen molar-refractivity contribution in [1.29, 1.82) is 0 Å². The van der Waals surface area contributed by atoms with E-state index in [0.29, 0.717) is 29.9 Å². The molecule has 0 spiro atoms. The predicted octanol–water partition coefficient (Wildman–Crippen LogP) is 1.48. The first kappa shape index (κ1) is 14.4. The maximum absolute atomic E-state index is 5.75. The van der Waals surface area contributed by atoms with Crippen LogP contribution in [-0.2, 0) is 11.2 Å². The standard InChI is InChI=1S/C13H19N5O2S/c1-2-3-18-4-5-19-10(7-18)12-16-11(20-17-12)6-9-8-21-13(14)15-9/h8,10H,2-7H2,1H3,(H2,14,15). The summed E-state index contributed by atoms with van der Waals surface area (Å²) in [6.07, 6.45) is 1.53. The zero-order chi connectivity index (χ0) is 14.7. The lowest BCUT2D eigenvalue weighted by atomic mass is 10.2. The Morgan fingerprint density at radius 3 is 3.14 bits per heavy atom. The third-order valence-electron chi connectivity index (χ3n) is 3.36. The molecule has 7 nitrogen and oxygen atoms in total. The van der Waals surface area contributed by atoms with Crippen LogP contribution in [0.5, 0.6) is 0 Å². The van der Waals surface area contributed by atoms with E-state index in [4.69, 9.17) is 15.0 Å². The number of aromatic nitrogens is 3. The van der Waals surface area contributed by atoms with Crippen molar-refractivity contribution in [2.75, 3.05) is 32.0 Å². The molecular formula is C13H19N5O2S. The van der Waals surface area contributed by atoms with Crippen molar-refractivity contribution in [3.63, 3.8) is 0 Å². The van der Waals surface area contributed by atoms with Crippen molar-refractivity contribution in [2.24, 2.45) is 0 Å². The fourth-order valence-corrected chi connectivity index (χ4v) is 2.97. The minimum absolute atomic E-state index is 0.108. The number of nitrogens with zero attached hydrogens (tertiary/aromatic N) is 4. The molecule has 2 N–H and O–H groups in total. The Balaban J connectivity index is 1.64. The normalized spacial score (nSPS) is 20.0. The lowest BCUT2D eigenvalue weighted by Gasteiger charge is -2.30. The van der Waals surface area contributed by atoms with E-state index in [1.165, 1.54) is 11.3 Å². The van der Waals surface area contributed by atoms with Crippen LogP contribution in [0.1, 0.15) is 36.9 Å². The maximum atomic E-state index is 5.75. The Bertz CT molecular complexity index is 583. The molecule has 114 valence electrons. The fraction of sp³-hybridized carbons (Fsp3) is 0.615. The molecule has 1 saturated heterocycles. The van der Waals surface area contributed by atoms with Crippen LogP contribution >= 0.6 is 11.3 Å². The van der Waals surface area contributed by atoms with Gasteiger partial charge < -0.3 is 15.0 Å². The highest BCUT2D eigenvalue weighted by Crippen LogP contribution is 2.21. The summed E-state index contributed by atoms with van der Waals surface area (Å²) < 4.78 is 11.0. The number of rotatable bonds is 5. The monoisotopic (exact) mass is 309 g/mol. The minimum Gasteiger partial charge on any atom is -0.375 e. The van der Waals surface area contributed by atoms with Crippen LogP contribution in [0.4, 0.5) is 5.13 Å². The molecule has 1 atom stereocenters. The Kier molecular flexibility index (Phi) is 4.47. The van der Waals surface area contributed by atoms with Gasteiger partial charge in [0.25, 0.3) is 0 Å². The second-order valence-electron chi connectivity index (χ2n) is 5.06. The van der Waals surface area contributed by atoms with E-state index in [9.17, 15) is 0 Å². The number of anilines is 1. The Morgan fingerprint density at radius 1 is 1.48 bits per heavy atom. The van der Waals surface area contributed by atoms with Crippen LogP contribution < -0.4 is 5.73 Å². The number of thiazole rings is 1. The number of hydrogen-bond acceptors (Lipinski definition) is 8. The Hall–Kier alpha value is -1.51. The summed E-state index contributed by atoms with van der Waals surface area (Å²) in [5, 5.41) is 6.50. The van der Waals surface area contributed by atoms with Gasteiger partial charge in [-0.1, -0.05) is 12.1 Å². The first-order chi connectivity index (χ1) is 10.2. The predicted molar refractivity (Wildman–Crippen MR) is 79.1 cm³/mol. The third kappa shape index (κ3) is 3.58. The molecule has 1 aliphatic heterocycles. The molecule has 8 heteroatoms. The molecule has 0 aliphatic carbocycles. The Morgan fingerprint density at radius 2 is 2.38 bits per heavy atom. The summed E-state index contributed by atoms with van der Waals surface area (Å²) in [6, 6.07) is 0. The van der Waals surface area contributed by atoms with E-state index in [0.717, 1.165) is 31.7 Å². The summed E-state index contributed by atoms with van der Waals surface area (Å²) in [4.78, 5) is 11.0. The van der Waals surface area contributed by atoms with Crippen molar-refractivity contribution >= 4 is 16.5 Å². The van der Waals surface area contributed by atoms with E-state index >= 15 is 0 Å². The van der Waals surface area contributed by atoms with Gasteiger partial charge in [0.1, 0.15) is 6.10 Å². The first-order valence-electron chi connectivity index (χ1n) is 7.11. The first-order valence-corrected chi connectivity index (χ1v) is 7.99. The molecule has 2 aromatic rings. The lowest BCUT2D eigenvalue weighted by Crippen LogP contribution is -2.39. The molecule has 3 heterocycles. The van der Waals surface area contributed by atoms with Gasteiger partial charge in [0.2, 0.25) is 11.7 Å². The molecule has 1 aliphatic rings. The van der Waals surface area contributed by atoms with Crippen LogP contribution in [0.3, 0.4) is 0 Å². The zero-order valence-corrected chi connectivity index (χ0v) is 12.8. The van der Waals surface area contributed by atoms with Gasteiger partial charge in [-0.15, -0.1) is 11.3 Å². The van der Waals surface area contributed by atoms with Crippen LogP contribution in [0, 0.1) is 0 Å². The second kappa shape index (κ2) is 6.50. The SMILES string of the molecule is CCCN1CCOC(c2noc(Cc3csc(N)n3)n2)C1. The molecule has 0 amide bonds. The molecule has 1 fully saturated rings. The van der Waals surface area contributed by atoms with E-state index in [1.807, 2.05) is 5.38 Å². The quantitative estimate of drug-likeness (QED) is 0.894. The van der Waals surface area contributed by atoms with Gasteiger partial charge in [0, 0.05) is 18.5 Å². The minimum atomic E-state index is -0.108. The van der Waals surface area contributed by atoms with E-state index in [2.05, 4.69) is 26.9 Å². The second-order valence-corrected chi connectivity index (χ2v) is 5.95. The van der Waals surface area contributed by atoms with Gasteiger partial charge in [-0.25, -0.2) is 4.98 Å². The van der Waals surface area contributed by atoms with Crippen LogP contribution in [0.15, 0.2) is 9.90 Å². The highest BCUT2D eigenvalue weighted by molar-refractivity contribution is 7.13. The van der Waals surface area contributed by atoms with Crippen LogP contribution in [0.25, 0.3) is 0 Å². The summed E-state index contributed by atoms with van der Waals surface area (Å²) in [5.74, 6) is 1.17. The molecule has 21 heavy (non-hydrogen) atoms. The molecule has 0 aromatic carbocycles. The topological polar surface area (TPSA) is 90.3 Å². The van der Waals surface area contributed by atoms with Gasteiger partial charge in [0.05, 0.1) is 18.7 Å². The molecular weight excluding hydrogens is 290 g/mol. The lowest BCUT2D eigenvalue weighted by molar-refractivity contribution is -0.0350. The average molecular weight is 309 g/mol. The van der Waals surface area contributed by atoms with Crippen molar-refractivity contribution in [2.45, 2.75) is 25.9 Å². The van der Waals surface area contributed by atoms with Gasteiger partial charge in [-0.2, -0.15) is 4.98 Å². The molecule has 1 unspecified atom stereocenters. The van der Waals surface area contributed by atoms with E-state index < -0.39 is 0 Å². The largest absolute Gasteiger partial charge is 0.375 e. The summed E-state index contributed by atoms with van der Waals surface area (Å²) in [5.41, 5.74) is 6.47. The van der Waals surface area contributed by atoms with Gasteiger partial charge in [-0.3, -0.25) is 4.90 Å². The molecule has 2 aromatic heterocycles.